The van der Waals surface area contributed by atoms with E-state index in [1.807, 2.05) is 22.6 Å². The minimum absolute atomic E-state index is 0.234. The lowest BCUT2D eigenvalue weighted by molar-refractivity contribution is 0.602. The van der Waals surface area contributed by atoms with Gasteiger partial charge in [-0.1, -0.05) is 0 Å². The van der Waals surface area contributed by atoms with E-state index in [2.05, 4.69) is 5.32 Å². The van der Waals surface area contributed by atoms with Gasteiger partial charge in [0.15, 0.2) is 9.84 Å². The second-order valence-electron chi connectivity index (χ2n) is 3.04. The quantitative estimate of drug-likeness (QED) is 0.653. The highest BCUT2D eigenvalue weighted by Crippen LogP contribution is 2.22. The first kappa shape index (κ1) is 12.4. The number of rotatable bonds is 3. The third-order valence-corrected chi connectivity index (χ3v) is 3.62. The largest absolute Gasteiger partial charge is 0.388 e. The molecule has 0 aromatic heterocycles. The van der Waals surface area contributed by atoms with Crippen LogP contribution in [0.3, 0.4) is 0 Å². The zero-order valence-corrected chi connectivity index (χ0v) is 11.3. The van der Waals surface area contributed by atoms with Crippen LogP contribution in [0.25, 0.3) is 0 Å². The van der Waals surface area contributed by atoms with Crippen molar-refractivity contribution >= 4 is 41.8 Å². The molecule has 0 aliphatic carbocycles. The van der Waals surface area contributed by atoms with Crippen LogP contribution in [0.1, 0.15) is 5.56 Å². The Morgan fingerprint density at radius 1 is 1.47 bits per heavy atom. The van der Waals surface area contributed by atoms with E-state index in [1.165, 1.54) is 12.1 Å². The van der Waals surface area contributed by atoms with E-state index in [4.69, 9.17) is 5.41 Å². The summed E-state index contributed by atoms with van der Waals surface area (Å²) in [4.78, 5) is 0.234. The fourth-order valence-electron chi connectivity index (χ4n) is 1.15. The number of sulfone groups is 1. The van der Waals surface area contributed by atoms with Crippen molar-refractivity contribution in [3.63, 3.8) is 0 Å². The maximum Gasteiger partial charge on any atom is 0.175 e. The van der Waals surface area contributed by atoms with Crippen LogP contribution in [0.2, 0.25) is 0 Å². The second kappa shape index (κ2) is 4.48. The van der Waals surface area contributed by atoms with E-state index < -0.39 is 9.84 Å². The van der Waals surface area contributed by atoms with Crippen LogP contribution in [0, 0.1) is 5.41 Å². The van der Waals surface area contributed by atoms with Crippen LogP contribution in [0.5, 0.6) is 0 Å². The molecule has 0 aliphatic rings. The molecule has 0 bridgehead atoms. The van der Waals surface area contributed by atoms with Gasteiger partial charge in [-0.15, -0.1) is 0 Å². The monoisotopic (exact) mass is 338 g/mol. The average molecular weight is 338 g/mol. The molecule has 0 saturated carbocycles. The summed E-state index contributed by atoms with van der Waals surface area (Å²) in [7, 11) is -1.48. The van der Waals surface area contributed by atoms with Crippen LogP contribution in [0.15, 0.2) is 23.1 Å². The van der Waals surface area contributed by atoms with Gasteiger partial charge in [-0.3, -0.25) is 5.41 Å². The molecule has 0 unspecified atom stereocenters. The van der Waals surface area contributed by atoms with E-state index in [0.717, 1.165) is 11.9 Å². The molecule has 0 saturated heterocycles. The molecule has 6 heteroatoms. The lowest BCUT2D eigenvalue weighted by Crippen LogP contribution is -2.03. The van der Waals surface area contributed by atoms with Crippen LogP contribution in [0.4, 0.5) is 5.69 Å². The molecule has 4 nitrogen and oxygen atoms in total. The summed E-state index contributed by atoms with van der Waals surface area (Å²) < 4.78 is 22.9. The van der Waals surface area contributed by atoms with E-state index in [1.54, 1.807) is 13.1 Å². The normalized spacial score (nSPS) is 11.1. The molecule has 0 fully saturated rings. The molecule has 1 aromatic carbocycles. The zero-order chi connectivity index (χ0) is 11.6. The highest BCUT2D eigenvalue weighted by Gasteiger charge is 2.11. The van der Waals surface area contributed by atoms with Gasteiger partial charge in [-0.25, -0.2) is 8.42 Å². The molecule has 2 N–H and O–H groups in total. The smallest absolute Gasteiger partial charge is 0.175 e. The lowest BCUT2D eigenvalue weighted by Gasteiger charge is -2.08. The molecular weight excluding hydrogens is 327 g/mol. The molecule has 1 rings (SSSR count). The molecule has 0 atom stereocenters. The van der Waals surface area contributed by atoms with Crippen molar-refractivity contribution in [2.24, 2.45) is 0 Å². The Morgan fingerprint density at radius 2 is 2.07 bits per heavy atom. The van der Waals surface area contributed by atoms with Gasteiger partial charge in [0, 0.05) is 24.6 Å². The first-order chi connectivity index (χ1) is 6.86. The Morgan fingerprint density at radius 3 is 2.47 bits per heavy atom. The Balaban J connectivity index is 3.42. The molecule has 0 aliphatic heterocycles. The molecule has 1 aromatic rings. The molecule has 0 heterocycles. The van der Waals surface area contributed by atoms with Gasteiger partial charge in [0.05, 0.1) is 4.90 Å². The maximum atomic E-state index is 11.3. The Kier molecular flexibility index (Phi) is 3.72. The molecular formula is C9H11IN2O2S. The first-order valence-electron chi connectivity index (χ1n) is 4.12. The standard InChI is InChI=1S/C9H11IN2O2S/c1-12-8-4-3-6(15(2,13)14)5-7(8)9(10)11/h3-5,11-12H,1-2H3. The minimum Gasteiger partial charge on any atom is -0.388 e. The number of anilines is 1. The summed E-state index contributed by atoms with van der Waals surface area (Å²) in [6.07, 6.45) is 1.15. The van der Waals surface area contributed by atoms with Crippen molar-refractivity contribution in [1.29, 1.82) is 5.41 Å². The van der Waals surface area contributed by atoms with Crippen LogP contribution in [-0.2, 0) is 9.84 Å². The topological polar surface area (TPSA) is 70.0 Å². The van der Waals surface area contributed by atoms with Gasteiger partial charge < -0.3 is 5.32 Å². The Labute approximate surface area is 103 Å². The highest BCUT2D eigenvalue weighted by molar-refractivity contribution is 14.1. The van der Waals surface area contributed by atoms with E-state index in [0.29, 0.717) is 9.28 Å². The van der Waals surface area contributed by atoms with E-state index >= 15 is 0 Å². The van der Waals surface area contributed by atoms with Crippen molar-refractivity contribution in [2.45, 2.75) is 4.90 Å². The summed E-state index contributed by atoms with van der Waals surface area (Å²) in [5.74, 6) is 0. The van der Waals surface area contributed by atoms with Gasteiger partial charge in [0.25, 0.3) is 0 Å². The van der Waals surface area contributed by atoms with Crippen molar-refractivity contribution in [2.75, 3.05) is 18.6 Å². The van der Waals surface area contributed by atoms with Crippen LogP contribution >= 0.6 is 22.6 Å². The molecule has 0 radical (unpaired) electrons. The van der Waals surface area contributed by atoms with Gasteiger partial charge in [-0.05, 0) is 40.8 Å². The summed E-state index contributed by atoms with van der Waals surface area (Å²) in [6, 6.07) is 4.71. The van der Waals surface area contributed by atoms with Crippen molar-refractivity contribution < 1.29 is 8.42 Å². The summed E-state index contributed by atoms with van der Waals surface area (Å²) in [5.41, 5.74) is 1.35. The Hall–Kier alpha value is -0.630. The van der Waals surface area contributed by atoms with E-state index in [-0.39, 0.29) is 4.90 Å². The molecule has 0 spiro atoms. The SMILES string of the molecule is CNc1ccc(S(C)(=O)=O)cc1C(=N)I. The van der Waals surface area contributed by atoms with Crippen molar-refractivity contribution in [3.8, 4) is 0 Å². The molecule has 82 valence electrons. The van der Waals surface area contributed by atoms with Gasteiger partial charge in [0.1, 0.15) is 3.72 Å². The van der Waals surface area contributed by atoms with Gasteiger partial charge in [-0.2, -0.15) is 0 Å². The summed E-state index contributed by atoms with van der Waals surface area (Å²) in [6.45, 7) is 0. The van der Waals surface area contributed by atoms with Crippen molar-refractivity contribution in [3.05, 3.63) is 23.8 Å². The summed E-state index contributed by atoms with van der Waals surface area (Å²) in [5, 5.41) is 10.4. The lowest BCUT2D eigenvalue weighted by atomic mass is 10.2. The fourth-order valence-corrected chi connectivity index (χ4v) is 2.25. The van der Waals surface area contributed by atoms with Crippen molar-refractivity contribution in [1.82, 2.24) is 0 Å². The maximum absolute atomic E-state index is 11.3. The second-order valence-corrected chi connectivity index (χ2v) is 6.14. The zero-order valence-electron chi connectivity index (χ0n) is 8.33. The predicted octanol–water partition coefficient (Wildman–Crippen LogP) is 1.89. The fraction of sp³-hybridized carbons (Fsp3) is 0.222. The number of hydrogen-bond acceptors (Lipinski definition) is 4. The number of hydrogen-bond donors (Lipinski definition) is 2. The summed E-state index contributed by atoms with van der Waals surface area (Å²) >= 11 is 1.85. The predicted molar refractivity (Wildman–Crippen MR) is 69.9 cm³/mol. The van der Waals surface area contributed by atoms with E-state index in [9.17, 15) is 8.42 Å². The minimum atomic E-state index is -3.21. The van der Waals surface area contributed by atoms with Crippen LogP contribution < -0.4 is 5.32 Å². The molecule has 15 heavy (non-hydrogen) atoms. The first-order valence-corrected chi connectivity index (χ1v) is 7.09. The molecule has 0 amide bonds. The number of halogens is 1. The number of benzene rings is 1. The third kappa shape index (κ3) is 2.91. The Bertz CT molecular complexity index is 497. The van der Waals surface area contributed by atoms with Gasteiger partial charge >= 0.3 is 0 Å². The number of nitrogens with one attached hydrogen (secondary N) is 2. The average Bonchev–Trinajstić information content (AvgIpc) is 2.15. The van der Waals surface area contributed by atoms with Gasteiger partial charge in [0.2, 0.25) is 0 Å². The highest BCUT2D eigenvalue weighted by atomic mass is 127. The van der Waals surface area contributed by atoms with Crippen LogP contribution in [-0.4, -0.2) is 25.4 Å². The third-order valence-electron chi connectivity index (χ3n) is 1.92.